The number of rotatable bonds is 1. The second-order valence-corrected chi connectivity index (χ2v) is 5.54. The van der Waals surface area contributed by atoms with E-state index < -0.39 is 5.82 Å². The fraction of sp³-hybridized carbons (Fsp3) is 0.533. The molecule has 4 heteroatoms. The number of anilines is 1. The largest absolute Gasteiger partial charge is 0.399 e. The van der Waals surface area contributed by atoms with E-state index in [1.165, 1.54) is 6.07 Å². The van der Waals surface area contributed by atoms with Crippen molar-refractivity contribution in [2.75, 3.05) is 5.73 Å². The topological polar surface area (TPSA) is 46.3 Å². The molecule has 104 valence electrons. The van der Waals surface area contributed by atoms with Gasteiger partial charge in [-0.2, -0.15) is 0 Å². The highest BCUT2D eigenvalue weighted by Crippen LogP contribution is 2.27. The highest BCUT2D eigenvalue weighted by atomic mass is 19.1. The number of halogens is 1. The van der Waals surface area contributed by atoms with E-state index in [9.17, 15) is 9.18 Å². The lowest BCUT2D eigenvalue weighted by molar-refractivity contribution is 0.0506. The van der Waals surface area contributed by atoms with Gasteiger partial charge < -0.3 is 10.6 Å². The lowest BCUT2D eigenvalue weighted by Gasteiger charge is -2.39. The molecule has 0 bridgehead atoms. The lowest BCUT2D eigenvalue weighted by atomic mass is 9.96. The second kappa shape index (κ2) is 5.19. The van der Waals surface area contributed by atoms with Crippen LogP contribution >= 0.6 is 0 Å². The Kier molecular flexibility index (Phi) is 3.78. The fourth-order valence-electron chi connectivity index (χ4n) is 2.91. The number of carbonyl (C=O) groups is 1. The van der Waals surface area contributed by atoms with E-state index in [1.807, 2.05) is 13.8 Å². The van der Waals surface area contributed by atoms with Crippen molar-refractivity contribution in [3.8, 4) is 0 Å². The minimum atomic E-state index is -0.454. The van der Waals surface area contributed by atoms with Crippen LogP contribution in [0.5, 0.6) is 0 Å². The lowest BCUT2D eigenvalue weighted by Crippen LogP contribution is -2.47. The summed E-state index contributed by atoms with van der Waals surface area (Å²) in [6.45, 7) is 5.67. The van der Waals surface area contributed by atoms with Crippen LogP contribution in [0.3, 0.4) is 0 Å². The summed E-state index contributed by atoms with van der Waals surface area (Å²) in [6, 6.07) is 3.29. The number of hydrogen-bond acceptors (Lipinski definition) is 2. The maximum absolute atomic E-state index is 14.1. The molecule has 19 heavy (non-hydrogen) atoms. The zero-order valence-corrected chi connectivity index (χ0v) is 11.7. The molecule has 1 aliphatic rings. The summed E-state index contributed by atoms with van der Waals surface area (Å²) in [6.07, 6.45) is 3.06. The first-order valence-electron chi connectivity index (χ1n) is 6.80. The Balaban J connectivity index is 2.38. The molecule has 2 rings (SSSR count). The van der Waals surface area contributed by atoms with E-state index in [0.717, 1.165) is 19.3 Å². The van der Waals surface area contributed by atoms with E-state index in [1.54, 1.807) is 17.9 Å². The van der Waals surface area contributed by atoms with E-state index in [2.05, 4.69) is 0 Å². The van der Waals surface area contributed by atoms with Crippen LogP contribution in [0, 0.1) is 12.7 Å². The molecule has 0 spiro atoms. The van der Waals surface area contributed by atoms with Gasteiger partial charge in [0.05, 0.1) is 5.56 Å². The number of aryl methyl sites for hydroxylation is 1. The number of nitrogen functional groups attached to an aromatic ring is 1. The summed E-state index contributed by atoms with van der Waals surface area (Å²) in [7, 11) is 0. The standard InChI is InChI=1S/C15H21FN2O/c1-9-7-12(17)8-13(14(9)16)15(19)18-10(2)5-4-6-11(18)3/h7-8,10-11H,4-6,17H2,1-3H3/t10-,11+. The van der Waals surface area contributed by atoms with Gasteiger partial charge in [-0.15, -0.1) is 0 Å². The zero-order valence-electron chi connectivity index (χ0n) is 11.7. The monoisotopic (exact) mass is 264 g/mol. The van der Waals surface area contributed by atoms with Crippen LogP contribution in [0.2, 0.25) is 0 Å². The van der Waals surface area contributed by atoms with Gasteiger partial charge in [0.15, 0.2) is 0 Å². The zero-order chi connectivity index (χ0) is 14.2. The maximum atomic E-state index is 14.1. The molecule has 0 saturated carbocycles. The molecule has 0 aliphatic carbocycles. The van der Waals surface area contributed by atoms with Gasteiger partial charge in [-0.05, 0) is 57.7 Å². The average Bonchev–Trinajstić information content (AvgIpc) is 2.33. The number of carbonyl (C=O) groups excluding carboxylic acids is 1. The van der Waals surface area contributed by atoms with Crippen LogP contribution in [-0.4, -0.2) is 22.9 Å². The van der Waals surface area contributed by atoms with Crippen molar-refractivity contribution in [2.45, 2.75) is 52.1 Å². The quantitative estimate of drug-likeness (QED) is 0.792. The molecule has 3 nitrogen and oxygen atoms in total. The fourth-order valence-corrected chi connectivity index (χ4v) is 2.91. The molecule has 0 aromatic heterocycles. The molecular formula is C15H21FN2O. The van der Waals surface area contributed by atoms with Gasteiger partial charge in [0.2, 0.25) is 0 Å². The Morgan fingerprint density at radius 1 is 1.32 bits per heavy atom. The second-order valence-electron chi connectivity index (χ2n) is 5.54. The van der Waals surface area contributed by atoms with Gasteiger partial charge in [-0.25, -0.2) is 4.39 Å². The predicted molar refractivity (Wildman–Crippen MR) is 74.5 cm³/mol. The van der Waals surface area contributed by atoms with Gasteiger partial charge in [0.1, 0.15) is 5.82 Å². The number of nitrogens with zero attached hydrogens (tertiary/aromatic N) is 1. The van der Waals surface area contributed by atoms with E-state index in [-0.39, 0.29) is 23.6 Å². The summed E-state index contributed by atoms with van der Waals surface area (Å²) in [5.41, 5.74) is 6.67. The Morgan fingerprint density at radius 3 is 2.47 bits per heavy atom. The summed E-state index contributed by atoms with van der Waals surface area (Å²) in [5, 5.41) is 0. The minimum absolute atomic E-state index is 0.0955. The van der Waals surface area contributed by atoms with Crippen molar-refractivity contribution in [3.05, 3.63) is 29.1 Å². The molecule has 1 fully saturated rings. The summed E-state index contributed by atoms with van der Waals surface area (Å²) < 4.78 is 14.1. The first kappa shape index (κ1) is 13.8. The maximum Gasteiger partial charge on any atom is 0.257 e. The molecule has 1 amide bonds. The van der Waals surface area contributed by atoms with Crippen LogP contribution in [0.25, 0.3) is 0 Å². The van der Waals surface area contributed by atoms with Gasteiger partial charge in [0.25, 0.3) is 5.91 Å². The van der Waals surface area contributed by atoms with Gasteiger partial charge in [0, 0.05) is 17.8 Å². The van der Waals surface area contributed by atoms with Gasteiger partial charge in [-0.1, -0.05) is 0 Å². The highest BCUT2D eigenvalue weighted by molar-refractivity contribution is 5.96. The average molecular weight is 264 g/mol. The number of likely N-dealkylation sites (tertiary alicyclic amines) is 1. The van der Waals surface area contributed by atoms with Crippen LogP contribution < -0.4 is 5.73 Å². The molecule has 0 unspecified atom stereocenters. The SMILES string of the molecule is Cc1cc(N)cc(C(=O)N2[C@H](C)CCC[C@@H]2C)c1F. The first-order chi connectivity index (χ1) is 8.91. The number of nitrogens with two attached hydrogens (primary N) is 1. The Hall–Kier alpha value is -1.58. The van der Waals surface area contributed by atoms with Crippen LogP contribution in [0.1, 0.15) is 49.0 Å². The third-order valence-electron chi connectivity index (χ3n) is 3.94. The predicted octanol–water partition coefficient (Wildman–Crippen LogP) is 3.12. The molecule has 1 saturated heterocycles. The van der Waals surface area contributed by atoms with Crippen LogP contribution in [-0.2, 0) is 0 Å². The number of benzene rings is 1. The third kappa shape index (κ3) is 2.57. The molecule has 2 atom stereocenters. The van der Waals surface area contributed by atoms with Gasteiger partial charge in [-0.3, -0.25) is 4.79 Å². The van der Waals surface area contributed by atoms with Crippen molar-refractivity contribution >= 4 is 11.6 Å². The van der Waals surface area contributed by atoms with Gasteiger partial charge >= 0.3 is 0 Å². The summed E-state index contributed by atoms with van der Waals surface area (Å²) in [4.78, 5) is 14.4. The molecule has 0 radical (unpaired) electrons. The normalized spacial score (nSPS) is 23.5. The third-order valence-corrected chi connectivity index (χ3v) is 3.94. The molecule has 1 aromatic rings. The van der Waals surface area contributed by atoms with Crippen molar-refractivity contribution in [1.29, 1.82) is 0 Å². The molecule has 1 aliphatic heterocycles. The van der Waals surface area contributed by atoms with E-state index in [0.29, 0.717) is 11.3 Å². The van der Waals surface area contributed by atoms with Crippen LogP contribution in [0.4, 0.5) is 10.1 Å². The van der Waals surface area contributed by atoms with Crippen molar-refractivity contribution in [1.82, 2.24) is 4.90 Å². The Labute approximate surface area is 113 Å². The van der Waals surface area contributed by atoms with Crippen molar-refractivity contribution in [2.24, 2.45) is 0 Å². The van der Waals surface area contributed by atoms with Crippen molar-refractivity contribution < 1.29 is 9.18 Å². The number of piperidine rings is 1. The summed E-state index contributed by atoms with van der Waals surface area (Å²) in [5.74, 6) is -0.697. The Morgan fingerprint density at radius 2 is 1.89 bits per heavy atom. The van der Waals surface area contributed by atoms with Crippen molar-refractivity contribution in [3.63, 3.8) is 0 Å². The molecule has 1 heterocycles. The summed E-state index contributed by atoms with van der Waals surface area (Å²) >= 11 is 0. The number of amides is 1. The number of hydrogen-bond donors (Lipinski definition) is 1. The van der Waals surface area contributed by atoms with E-state index in [4.69, 9.17) is 5.73 Å². The smallest absolute Gasteiger partial charge is 0.257 e. The molecule has 1 aromatic carbocycles. The van der Waals surface area contributed by atoms with Crippen LogP contribution in [0.15, 0.2) is 12.1 Å². The molecular weight excluding hydrogens is 243 g/mol. The Bertz CT molecular complexity index is 491. The minimum Gasteiger partial charge on any atom is -0.399 e. The first-order valence-corrected chi connectivity index (χ1v) is 6.80. The molecule has 2 N–H and O–H groups in total. The highest BCUT2D eigenvalue weighted by Gasteiger charge is 2.31. The van der Waals surface area contributed by atoms with E-state index >= 15 is 0 Å².